The van der Waals surface area contributed by atoms with Crippen molar-refractivity contribution in [3.05, 3.63) is 35.8 Å². The van der Waals surface area contributed by atoms with Gasteiger partial charge < -0.3 is 5.32 Å². The van der Waals surface area contributed by atoms with Gasteiger partial charge in [0.05, 0.1) is 8.66 Å². The number of rotatable bonds is 2. The van der Waals surface area contributed by atoms with Crippen LogP contribution in [0.15, 0.2) is 20.7 Å². The minimum Gasteiger partial charge on any atom is -0.316 e. The van der Waals surface area contributed by atoms with Crippen LogP contribution in [0.4, 0.5) is 5.69 Å². The van der Waals surface area contributed by atoms with Crippen LogP contribution in [-0.4, -0.2) is 15.9 Å². The lowest BCUT2D eigenvalue weighted by molar-refractivity contribution is 0.103. The summed E-state index contributed by atoms with van der Waals surface area (Å²) in [5.74, 6) is -0.329. The van der Waals surface area contributed by atoms with E-state index in [2.05, 4.69) is 47.1 Å². The fourth-order valence-electron chi connectivity index (χ4n) is 1.08. The average molecular weight is 432 g/mol. The lowest BCUT2D eigenvalue weighted by atomic mass is 10.4. The third-order valence-electron chi connectivity index (χ3n) is 1.86. The first-order chi connectivity index (χ1) is 8.49. The molecule has 18 heavy (non-hydrogen) atoms. The first kappa shape index (κ1) is 14.2. The van der Waals surface area contributed by atoms with E-state index in [1.807, 2.05) is 0 Å². The molecule has 0 saturated carbocycles. The molecule has 0 atom stereocenters. The standard InChI is InChI=1S/C9H3Br2Cl2N3OS/c10-3-1-4(18-6(3)11)9(17)16-5-7(12)14-2-15-8(5)13/h1-2H,(H,16,17). The van der Waals surface area contributed by atoms with Gasteiger partial charge in [0.15, 0.2) is 10.3 Å². The van der Waals surface area contributed by atoms with E-state index in [0.29, 0.717) is 4.88 Å². The molecule has 0 bridgehead atoms. The SMILES string of the molecule is O=C(Nc1c(Cl)ncnc1Cl)c1cc(Br)c(Br)s1. The van der Waals surface area contributed by atoms with Crippen LogP contribution in [0.2, 0.25) is 10.3 Å². The number of anilines is 1. The molecule has 1 N–H and O–H groups in total. The summed E-state index contributed by atoms with van der Waals surface area (Å²) in [5, 5.41) is 2.77. The molecular weight excluding hydrogens is 429 g/mol. The van der Waals surface area contributed by atoms with E-state index in [0.717, 1.165) is 8.26 Å². The number of nitrogens with one attached hydrogen (secondary N) is 1. The topological polar surface area (TPSA) is 54.9 Å². The molecule has 0 fully saturated rings. The summed E-state index contributed by atoms with van der Waals surface area (Å²) in [6, 6.07) is 1.69. The Bertz CT molecular complexity index is 580. The fraction of sp³-hybridized carbons (Fsp3) is 0. The Morgan fingerprint density at radius 1 is 1.28 bits per heavy atom. The van der Waals surface area contributed by atoms with Crippen molar-refractivity contribution >= 4 is 78.0 Å². The van der Waals surface area contributed by atoms with Gasteiger partial charge in [-0.2, -0.15) is 0 Å². The maximum absolute atomic E-state index is 12.0. The quantitative estimate of drug-likeness (QED) is 0.706. The maximum atomic E-state index is 12.0. The van der Waals surface area contributed by atoms with Crippen LogP contribution in [0, 0.1) is 0 Å². The highest BCUT2D eigenvalue weighted by Crippen LogP contribution is 2.33. The smallest absolute Gasteiger partial charge is 0.265 e. The maximum Gasteiger partial charge on any atom is 0.265 e. The molecule has 0 aromatic carbocycles. The Kier molecular flexibility index (Phi) is 4.60. The zero-order valence-corrected chi connectivity index (χ0v) is 13.9. The van der Waals surface area contributed by atoms with Crippen LogP contribution in [0.5, 0.6) is 0 Å². The van der Waals surface area contributed by atoms with Gasteiger partial charge in [0.1, 0.15) is 12.0 Å². The molecule has 94 valence electrons. The van der Waals surface area contributed by atoms with Crippen LogP contribution in [0.1, 0.15) is 9.67 Å². The van der Waals surface area contributed by atoms with Gasteiger partial charge in [0.2, 0.25) is 0 Å². The number of nitrogens with zero attached hydrogens (tertiary/aromatic N) is 2. The van der Waals surface area contributed by atoms with Crippen molar-refractivity contribution < 1.29 is 4.79 Å². The monoisotopic (exact) mass is 429 g/mol. The van der Waals surface area contributed by atoms with Crippen molar-refractivity contribution in [3.63, 3.8) is 0 Å². The summed E-state index contributed by atoms with van der Waals surface area (Å²) in [6.07, 6.45) is 1.22. The van der Waals surface area contributed by atoms with Gasteiger partial charge in [-0.3, -0.25) is 4.79 Å². The molecule has 0 spiro atoms. The van der Waals surface area contributed by atoms with E-state index in [1.165, 1.54) is 17.7 Å². The normalized spacial score (nSPS) is 10.4. The van der Waals surface area contributed by atoms with E-state index in [1.54, 1.807) is 6.07 Å². The Morgan fingerprint density at radius 2 is 1.89 bits per heavy atom. The van der Waals surface area contributed by atoms with Crippen LogP contribution < -0.4 is 5.32 Å². The molecule has 0 aliphatic heterocycles. The highest BCUT2D eigenvalue weighted by Gasteiger charge is 2.16. The number of hydrogen-bond acceptors (Lipinski definition) is 4. The van der Waals surface area contributed by atoms with Crippen LogP contribution >= 0.6 is 66.4 Å². The lowest BCUT2D eigenvalue weighted by Crippen LogP contribution is -2.11. The van der Waals surface area contributed by atoms with Gasteiger partial charge in [0.25, 0.3) is 5.91 Å². The van der Waals surface area contributed by atoms with Crippen LogP contribution in [0.25, 0.3) is 0 Å². The zero-order valence-electron chi connectivity index (χ0n) is 8.38. The molecule has 1 amide bonds. The number of hydrogen-bond donors (Lipinski definition) is 1. The molecule has 2 aromatic heterocycles. The Hall–Kier alpha value is -0.210. The minimum atomic E-state index is -0.329. The number of amides is 1. The van der Waals surface area contributed by atoms with Crippen molar-refractivity contribution in [1.29, 1.82) is 0 Å². The summed E-state index contributed by atoms with van der Waals surface area (Å²) in [5.41, 5.74) is 0.200. The third-order valence-corrected chi connectivity index (χ3v) is 5.69. The second-order valence-corrected chi connectivity index (χ2v) is 6.96. The van der Waals surface area contributed by atoms with Crippen molar-refractivity contribution in [3.8, 4) is 0 Å². The van der Waals surface area contributed by atoms with E-state index in [-0.39, 0.29) is 21.9 Å². The summed E-state index contributed by atoms with van der Waals surface area (Å²) in [4.78, 5) is 20.0. The molecular formula is C9H3Br2Cl2N3OS. The van der Waals surface area contributed by atoms with Crippen molar-refractivity contribution in [2.45, 2.75) is 0 Å². The van der Waals surface area contributed by atoms with Crippen molar-refractivity contribution in [2.24, 2.45) is 0 Å². The number of carbonyl (C=O) groups excluding carboxylic acids is 1. The Labute approximate surface area is 133 Å². The summed E-state index contributed by atoms with van der Waals surface area (Å²) >= 11 is 19.6. The van der Waals surface area contributed by atoms with Crippen molar-refractivity contribution in [1.82, 2.24) is 9.97 Å². The summed E-state index contributed by atoms with van der Waals surface area (Å²) in [7, 11) is 0. The number of aromatic nitrogens is 2. The van der Waals surface area contributed by atoms with Gasteiger partial charge in [-0.15, -0.1) is 11.3 Å². The second kappa shape index (κ2) is 5.83. The Balaban J connectivity index is 2.27. The fourth-order valence-corrected chi connectivity index (χ4v) is 3.42. The molecule has 0 aliphatic carbocycles. The number of thiophene rings is 1. The van der Waals surface area contributed by atoms with E-state index in [4.69, 9.17) is 23.2 Å². The predicted octanol–water partition coefficient (Wildman–Crippen LogP) is 4.62. The molecule has 0 unspecified atom stereocenters. The molecule has 2 rings (SSSR count). The molecule has 4 nitrogen and oxygen atoms in total. The first-order valence-corrected chi connectivity index (χ1v) is 7.57. The van der Waals surface area contributed by atoms with E-state index >= 15 is 0 Å². The molecule has 2 aromatic rings. The van der Waals surface area contributed by atoms with E-state index in [9.17, 15) is 4.79 Å². The first-order valence-electron chi connectivity index (χ1n) is 4.41. The van der Waals surface area contributed by atoms with Gasteiger partial charge in [-0.05, 0) is 37.9 Å². The largest absolute Gasteiger partial charge is 0.316 e. The minimum absolute atomic E-state index is 0.0954. The summed E-state index contributed by atoms with van der Waals surface area (Å²) < 4.78 is 1.63. The van der Waals surface area contributed by atoms with Crippen molar-refractivity contribution in [2.75, 3.05) is 5.32 Å². The third kappa shape index (κ3) is 3.03. The highest BCUT2D eigenvalue weighted by atomic mass is 79.9. The van der Waals surface area contributed by atoms with Gasteiger partial charge >= 0.3 is 0 Å². The second-order valence-electron chi connectivity index (χ2n) is 3.02. The average Bonchev–Trinajstić information content (AvgIpc) is 2.64. The highest BCUT2D eigenvalue weighted by molar-refractivity contribution is 9.13. The zero-order chi connectivity index (χ0) is 13.3. The molecule has 0 saturated heterocycles. The lowest BCUT2D eigenvalue weighted by Gasteiger charge is -2.05. The predicted molar refractivity (Wildman–Crippen MR) is 79.7 cm³/mol. The Morgan fingerprint density at radius 3 is 2.39 bits per heavy atom. The van der Waals surface area contributed by atoms with Gasteiger partial charge in [-0.1, -0.05) is 23.2 Å². The molecule has 2 heterocycles. The molecule has 9 heteroatoms. The number of halogens is 4. The molecule has 0 radical (unpaired) electrons. The van der Waals surface area contributed by atoms with Gasteiger partial charge in [-0.25, -0.2) is 9.97 Å². The van der Waals surface area contributed by atoms with Crippen LogP contribution in [-0.2, 0) is 0 Å². The van der Waals surface area contributed by atoms with E-state index < -0.39 is 0 Å². The van der Waals surface area contributed by atoms with Gasteiger partial charge in [0, 0.05) is 4.47 Å². The van der Waals surface area contributed by atoms with Crippen LogP contribution in [0.3, 0.4) is 0 Å². The molecule has 0 aliphatic rings. The summed E-state index contributed by atoms with van der Waals surface area (Å²) in [6.45, 7) is 0. The number of carbonyl (C=O) groups is 1.